The number of hydrogen-bond acceptors (Lipinski definition) is 0. The van der Waals surface area contributed by atoms with E-state index in [1.807, 2.05) is 30.3 Å². The molecule has 0 amide bonds. The van der Waals surface area contributed by atoms with Gasteiger partial charge in [0.1, 0.15) is 0 Å². The summed E-state index contributed by atoms with van der Waals surface area (Å²) in [6.07, 6.45) is 5.74. The van der Waals surface area contributed by atoms with Gasteiger partial charge in [-0.3, -0.25) is 6.08 Å². The van der Waals surface area contributed by atoms with Crippen molar-refractivity contribution in [2.24, 2.45) is 5.92 Å². The Bertz CT molecular complexity index is 749. The quantitative estimate of drug-likeness (QED) is 0.213. The van der Waals surface area contributed by atoms with E-state index < -0.39 is 0 Å². The Morgan fingerprint density at radius 1 is 0.833 bits per heavy atom. The molecule has 0 N–H and O–H groups in total. The molecule has 1 atom stereocenters. The Morgan fingerprint density at radius 2 is 1.33 bits per heavy atom. The largest absolute Gasteiger partial charge is 0.358 e. The topological polar surface area (TPSA) is 0 Å². The maximum Gasteiger partial charge on any atom is 0 e. The van der Waals surface area contributed by atoms with E-state index in [4.69, 9.17) is 0 Å². The van der Waals surface area contributed by atoms with Crippen molar-refractivity contribution in [1.82, 2.24) is 0 Å². The molecule has 0 spiro atoms. The van der Waals surface area contributed by atoms with Gasteiger partial charge in [0.2, 0.25) is 0 Å². The summed E-state index contributed by atoms with van der Waals surface area (Å²) < 4.78 is 0. The van der Waals surface area contributed by atoms with Crippen LogP contribution in [-0.2, 0) is 32.3 Å². The Balaban J connectivity index is -0.0000000997. The fraction of sp³-hybridized carbons (Fsp3) is 0.172. The molecule has 0 saturated carbocycles. The summed E-state index contributed by atoms with van der Waals surface area (Å²) in [7, 11) is 0. The molecule has 30 heavy (non-hydrogen) atoms. The molecule has 3 aromatic rings. The van der Waals surface area contributed by atoms with E-state index in [0.717, 1.165) is 6.42 Å². The first-order chi connectivity index (χ1) is 10.8. The van der Waals surface area contributed by atoms with Crippen LogP contribution in [0, 0.1) is 64.0 Å². The molecular formula is C29H43Hf-9. The van der Waals surface area contributed by atoms with Gasteiger partial charge < -0.3 is 52.0 Å². The molecule has 0 radical (unpaired) electrons. The molecule has 4 rings (SSSR count). The summed E-state index contributed by atoms with van der Waals surface area (Å²) in [5, 5.41) is 2.69. The second-order valence-corrected chi connectivity index (χ2v) is 5.90. The van der Waals surface area contributed by atoms with Gasteiger partial charge >= 0.3 is 0 Å². The molecule has 172 valence electrons. The molecule has 0 saturated heterocycles. The van der Waals surface area contributed by atoms with Crippen molar-refractivity contribution in [3.63, 3.8) is 0 Å². The fourth-order valence-electron chi connectivity index (χ4n) is 2.93. The van der Waals surface area contributed by atoms with Crippen LogP contribution in [0.1, 0.15) is 31.4 Å². The van der Waals surface area contributed by atoms with E-state index in [1.54, 1.807) is 0 Å². The number of hydrogen-bond donors (Lipinski definition) is 0. The summed E-state index contributed by atoms with van der Waals surface area (Å²) in [5.41, 5.74) is 4.30. The minimum Gasteiger partial charge on any atom is -0.358 e. The van der Waals surface area contributed by atoms with Gasteiger partial charge in [0.15, 0.2) is 0 Å². The van der Waals surface area contributed by atoms with Crippen LogP contribution in [-0.4, -0.2) is 0 Å². The SMILES string of the molecule is CCC(C)C1=[C-]Cc2cc3ccccc3cc21.[CH3-].[CH3-].[CH3-].[CH3-].[CH3-].[CH3-].[CH3-].[Hf].c1cc[cH-]c1. The van der Waals surface area contributed by atoms with Crippen LogP contribution in [0.25, 0.3) is 16.3 Å². The van der Waals surface area contributed by atoms with Gasteiger partial charge in [0.25, 0.3) is 0 Å². The first kappa shape index (κ1) is 42.7. The van der Waals surface area contributed by atoms with Crippen LogP contribution in [0.2, 0.25) is 0 Å². The Hall–Kier alpha value is -1.34. The molecule has 0 aliphatic heterocycles. The summed E-state index contributed by atoms with van der Waals surface area (Å²) in [4.78, 5) is 0. The zero-order chi connectivity index (χ0) is 15.4. The van der Waals surface area contributed by atoms with E-state index >= 15 is 0 Å². The first-order valence-corrected chi connectivity index (χ1v) is 8.09. The van der Waals surface area contributed by atoms with E-state index in [2.05, 4.69) is 56.3 Å². The van der Waals surface area contributed by atoms with Gasteiger partial charge in [-0.05, 0) is 10.8 Å². The van der Waals surface area contributed by atoms with Crippen molar-refractivity contribution in [3.05, 3.63) is 136 Å². The summed E-state index contributed by atoms with van der Waals surface area (Å²) in [6, 6.07) is 23.3. The molecule has 0 nitrogen and oxygen atoms in total. The Labute approximate surface area is 210 Å². The van der Waals surface area contributed by atoms with Gasteiger partial charge in [-0.2, -0.15) is 23.8 Å². The van der Waals surface area contributed by atoms with Crippen LogP contribution in [0.5, 0.6) is 0 Å². The van der Waals surface area contributed by atoms with E-state index in [0.29, 0.717) is 5.92 Å². The van der Waals surface area contributed by atoms with Gasteiger partial charge in [0, 0.05) is 25.8 Å². The van der Waals surface area contributed by atoms with Crippen molar-refractivity contribution >= 4 is 16.3 Å². The predicted molar refractivity (Wildman–Crippen MR) is 141 cm³/mol. The third kappa shape index (κ3) is 10.1. The van der Waals surface area contributed by atoms with Gasteiger partial charge in [0.05, 0.1) is 0 Å². The van der Waals surface area contributed by atoms with Crippen molar-refractivity contribution < 1.29 is 25.8 Å². The van der Waals surface area contributed by atoms with Crippen LogP contribution in [0.4, 0.5) is 0 Å². The van der Waals surface area contributed by atoms with Crippen molar-refractivity contribution in [2.75, 3.05) is 0 Å². The number of rotatable bonds is 2. The van der Waals surface area contributed by atoms with Crippen molar-refractivity contribution in [1.29, 1.82) is 0 Å². The molecule has 0 heterocycles. The van der Waals surface area contributed by atoms with Crippen LogP contribution >= 0.6 is 0 Å². The molecule has 1 aliphatic carbocycles. The number of allylic oxidation sites excluding steroid dienone is 2. The van der Waals surface area contributed by atoms with Crippen LogP contribution in [0.3, 0.4) is 0 Å². The molecule has 0 aromatic heterocycles. The number of benzene rings is 2. The molecule has 1 unspecified atom stereocenters. The molecule has 0 fully saturated rings. The Morgan fingerprint density at radius 3 is 1.77 bits per heavy atom. The van der Waals surface area contributed by atoms with Gasteiger partial charge in [-0.25, -0.2) is 17.7 Å². The maximum absolute atomic E-state index is 3.56. The number of fused-ring (bicyclic) bond motifs is 2. The van der Waals surface area contributed by atoms with E-state index in [-0.39, 0.29) is 77.8 Å². The second kappa shape index (κ2) is 20.9. The molecule has 1 aliphatic rings. The second-order valence-electron chi connectivity index (χ2n) is 5.90. The first-order valence-electron chi connectivity index (χ1n) is 8.09. The Kier molecular flexibility index (Phi) is 29.8. The van der Waals surface area contributed by atoms with Crippen LogP contribution < -0.4 is 0 Å². The summed E-state index contributed by atoms with van der Waals surface area (Å²) in [5.74, 6) is 0.623. The summed E-state index contributed by atoms with van der Waals surface area (Å²) in [6.45, 7) is 4.55. The predicted octanol–water partition coefficient (Wildman–Crippen LogP) is 9.18. The van der Waals surface area contributed by atoms with E-state index in [9.17, 15) is 0 Å². The zero-order valence-electron chi connectivity index (χ0n) is 20.8. The van der Waals surface area contributed by atoms with Crippen molar-refractivity contribution in [2.45, 2.75) is 26.7 Å². The molecule has 3 aromatic carbocycles. The van der Waals surface area contributed by atoms with Gasteiger partial charge in [-0.15, -0.1) is 18.1 Å². The third-order valence-corrected chi connectivity index (χ3v) is 4.39. The fourth-order valence-corrected chi connectivity index (χ4v) is 2.93. The normalized spacial score (nSPS) is 10.3. The maximum atomic E-state index is 3.56. The average molecular weight is 570 g/mol. The zero-order valence-corrected chi connectivity index (χ0v) is 24.4. The smallest absolute Gasteiger partial charge is 0 e. The average Bonchev–Trinajstić information content (AvgIpc) is 3.24. The molecule has 1 heteroatoms. The van der Waals surface area contributed by atoms with E-state index in [1.165, 1.54) is 33.9 Å². The minimum absolute atomic E-state index is 0. The van der Waals surface area contributed by atoms with Crippen LogP contribution in [0.15, 0.2) is 66.7 Å². The monoisotopic (exact) mass is 571 g/mol. The third-order valence-electron chi connectivity index (χ3n) is 4.39. The van der Waals surface area contributed by atoms with Gasteiger partial charge in [-0.1, -0.05) is 56.5 Å². The molecule has 0 bridgehead atoms. The van der Waals surface area contributed by atoms with Crippen molar-refractivity contribution in [3.8, 4) is 0 Å². The molecular weight excluding hydrogens is 527 g/mol. The minimum atomic E-state index is 0. The summed E-state index contributed by atoms with van der Waals surface area (Å²) >= 11 is 0. The standard InChI is InChI=1S/C17H17.C5H5.7CH3.Hf/c1-3-12(2)16-9-8-15-10-13-6-4-5-7-14(13)11-17(15)16;1-2-4-5-3-1;;;;;;;;/h4-7,10-12H,3,8H2,1-2H3;1-5H;7*1H3;/q9*-1;.